The quantitative estimate of drug-likeness (QED) is 0.512. The van der Waals surface area contributed by atoms with Gasteiger partial charge in [-0.1, -0.05) is 0 Å². The molecule has 0 aliphatic rings. The maximum Gasteiger partial charge on any atom is 0.573 e. The van der Waals surface area contributed by atoms with E-state index >= 15 is 0 Å². The van der Waals surface area contributed by atoms with Crippen LogP contribution in [0.4, 0.5) is 13.2 Å². The molecular weight excluding hydrogens is 449 g/mol. The number of aryl methyl sites for hydroxylation is 2. The Morgan fingerprint density at radius 1 is 1.03 bits per heavy atom. The van der Waals surface area contributed by atoms with E-state index in [-0.39, 0.29) is 29.4 Å². The fourth-order valence-electron chi connectivity index (χ4n) is 3.50. The second-order valence-corrected chi connectivity index (χ2v) is 8.84. The normalized spacial score (nSPS) is 12.2. The Bertz CT molecular complexity index is 1240. The van der Waals surface area contributed by atoms with Gasteiger partial charge in [0.05, 0.1) is 14.2 Å². The first-order chi connectivity index (χ1) is 14.9. The smallest absolute Gasteiger partial charge is 0.496 e. The summed E-state index contributed by atoms with van der Waals surface area (Å²) in [7, 11) is -1.13. The summed E-state index contributed by atoms with van der Waals surface area (Å²) in [5.74, 6) is 0.228. The minimum atomic E-state index is -4.80. The Labute approximate surface area is 183 Å². The van der Waals surface area contributed by atoms with Crippen molar-refractivity contribution < 1.29 is 35.8 Å². The highest BCUT2D eigenvalue weighted by atomic mass is 32.2. The van der Waals surface area contributed by atoms with Crippen molar-refractivity contribution in [2.45, 2.75) is 31.5 Å². The molecule has 3 rings (SSSR count). The molecule has 1 heterocycles. The summed E-state index contributed by atoms with van der Waals surface area (Å²) < 4.78 is 80.4. The second-order valence-electron chi connectivity index (χ2n) is 7.10. The molecule has 32 heavy (non-hydrogen) atoms. The van der Waals surface area contributed by atoms with Gasteiger partial charge in [-0.3, -0.25) is 0 Å². The number of H-pyrrole nitrogens is 1. The second kappa shape index (κ2) is 8.91. The number of hydrogen-bond donors (Lipinski definition) is 2. The lowest BCUT2D eigenvalue weighted by Crippen LogP contribution is -2.26. The first-order valence-corrected chi connectivity index (χ1v) is 11.0. The number of halogens is 3. The van der Waals surface area contributed by atoms with Gasteiger partial charge in [-0.05, 0) is 55.7 Å². The molecule has 0 saturated heterocycles. The topological polar surface area (TPSA) is 89.7 Å². The van der Waals surface area contributed by atoms with Gasteiger partial charge >= 0.3 is 6.36 Å². The van der Waals surface area contributed by atoms with Gasteiger partial charge in [0, 0.05) is 29.2 Å². The number of aromatic nitrogens is 1. The van der Waals surface area contributed by atoms with E-state index in [1.807, 2.05) is 0 Å². The number of fused-ring (bicyclic) bond motifs is 1. The van der Waals surface area contributed by atoms with Crippen LogP contribution in [-0.4, -0.2) is 40.5 Å². The van der Waals surface area contributed by atoms with E-state index in [1.165, 1.54) is 38.5 Å². The fraction of sp³-hybridized carbons (Fsp3) is 0.333. The monoisotopic (exact) mass is 472 g/mol. The molecule has 7 nitrogen and oxygen atoms in total. The lowest BCUT2D eigenvalue weighted by molar-refractivity contribution is -0.274. The number of hydrogen-bond acceptors (Lipinski definition) is 5. The number of methoxy groups -OCH3 is 2. The van der Waals surface area contributed by atoms with Crippen molar-refractivity contribution in [1.29, 1.82) is 0 Å². The third kappa shape index (κ3) is 5.10. The summed E-state index contributed by atoms with van der Waals surface area (Å²) in [6.07, 6.45) is -4.56. The molecule has 11 heteroatoms. The van der Waals surface area contributed by atoms with Crippen molar-refractivity contribution in [2.75, 3.05) is 20.8 Å². The SMILES string of the molecule is COc1cc(S(=O)(=O)NCCc2c(C)[nH]c3ccc(OC(F)(F)F)cc23)c(OC)cc1C. The van der Waals surface area contributed by atoms with E-state index in [2.05, 4.69) is 14.4 Å². The number of nitrogens with one attached hydrogen (secondary N) is 2. The molecule has 2 aromatic carbocycles. The van der Waals surface area contributed by atoms with Crippen LogP contribution in [-0.2, 0) is 16.4 Å². The van der Waals surface area contributed by atoms with Gasteiger partial charge < -0.3 is 19.2 Å². The average Bonchev–Trinajstić information content (AvgIpc) is 3.01. The van der Waals surface area contributed by atoms with Crippen molar-refractivity contribution in [2.24, 2.45) is 0 Å². The van der Waals surface area contributed by atoms with Gasteiger partial charge in [-0.2, -0.15) is 0 Å². The molecule has 0 bridgehead atoms. The maximum absolute atomic E-state index is 12.9. The van der Waals surface area contributed by atoms with Gasteiger partial charge in [-0.15, -0.1) is 13.2 Å². The lowest BCUT2D eigenvalue weighted by atomic mass is 10.1. The molecule has 0 fully saturated rings. The molecule has 0 saturated carbocycles. The highest BCUT2D eigenvalue weighted by molar-refractivity contribution is 7.89. The van der Waals surface area contributed by atoms with Gasteiger partial charge in [-0.25, -0.2) is 13.1 Å². The zero-order valence-corrected chi connectivity index (χ0v) is 18.7. The molecule has 2 N–H and O–H groups in total. The van der Waals surface area contributed by atoms with Crippen LogP contribution in [0.2, 0.25) is 0 Å². The van der Waals surface area contributed by atoms with Gasteiger partial charge in [0.15, 0.2) is 0 Å². The van der Waals surface area contributed by atoms with Crippen molar-refractivity contribution in [3.8, 4) is 17.2 Å². The summed E-state index contributed by atoms with van der Waals surface area (Å²) in [5.41, 5.74) is 2.75. The number of alkyl halides is 3. The fourth-order valence-corrected chi connectivity index (χ4v) is 4.70. The first-order valence-electron chi connectivity index (χ1n) is 9.54. The van der Waals surface area contributed by atoms with Crippen LogP contribution in [0.3, 0.4) is 0 Å². The molecular formula is C21H23F3N2O5S. The van der Waals surface area contributed by atoms with Crippen LogP contribution in [0.5, 0.6) is 17.2 Å². The van der Waals surface area contributed by atoms with Gasteiger partial charge in [0.1, 0.15) is 22.1 Å². The Morgan fingerprint density at radius 3 is 2.34 bits per heavy atom. The van der Waals surface area contributed by atoms with E-state index in [9.17, 15) is 21.6 Å². The van der Waals surface area contributed by atoms with Crippen molar-refractivity contribution in [3.63, 3.8) is 0 Å². The van der Waals surface area contributed by atoms with Crippen molar-refractivity contribution in [3.05, 3.63) is 47.2 Å². The third-order valence-electron chi connectivity index (χ3n) is 4.96. The summed E-state index contributed by atoms with van der Waals surface area (Å²) in [4.78, 5) is 3.02. The zero-order chi connectivity index (χ0) is 23.7. The largest absolute Gasteiger partial charge is 0.573 e. The average molecular weight is 472 g/mol. The van der Waals surface area contributed by atoms with Crippen LogP contribution in [0.1, 0.15) is 16.8 Å². The van der Waals surface area contributed by atoms with E-state index < -0.39 is 16.4 Å². The Hall–Kier alpha value is -2.92. The number of aromatic amines is 1. The van der Waals surface area contributed by atoms with Gasteiger partial charge in [0.2, 0.25) is 10.0 Å². The third-order valence-corrected chi connectivity index (χ3v) is 6.44. The van der Waals surface area contributed by atoms with Crippen LogP contribution in [0, 0.1) is 13.8 Å². The molecule has 1 aromatic heterocycles. The summed E-state index contributed by atoms with van der Waals surface area (Å²) >= 11 is 0. The Morgan fingerprint density at radius 2 is 1.72 bits per heavy atom. The van der Waals surface area contributed by atoms with E-state index in [4.69, 9.17) is 9.47 Å². The summed E-state index contributed by atoms with van der Waals surface area (Å²) in [6.45, 7) is 3.55. The summed E-state index contributed by atoms with van der Waals surface area (Å²) in [6, 6.07) is 6.94. The van der Waals surface area contributed by atoms with E-state index in [0.29, 0.717) is 22.2 Å². The molecule has 0 radical (unpaired) electrons. The van der Waals surface area contributed by atoms with Crippen LogP contribution in [0.15, 0.2) is 35.2 Å². The number of sulfonamides is 1. The predicted molar refractivity (Wildman–Crippen MR) is 113 cm³/mol. The van der Waals surface area contributed by atoms with Crippen molar-refractivity contribution >= 4 is 20.9 Å². The minimum absolute atomic E-state index is 0.0137. The van der Waals surface area contributed by atoms with Crippen LogP contribution >= 0.6 is 0 Å². The minimum Gasteiger partial charge on any atom is -0.496 e. The number of rotatable bonds is 8. The van der Waals surface area contributed by atoms with Crippen molar-refractivity contribution in [1.82, 2.24) is 9.71 Å². The van der Waals surface area contributed by atoms with Crippen LogP contribution in [0.25, 0.3) is 10.9 Å². The van der Waals surface area contributed by atoms with E-state index in [1.54, 1.807) is 19.9 Å². The molecule has 3 aromatic rings. The molecule has 0 amide bonds. The molecule has 0 atom stereocenters. The highest BCUT2D eigenvalue weighted by Gasteiger charge is 2.31. The summed E-state index contributed by atoms with van der Waals surface area (Å²) in [5, 5.41) is 0.526. The first kappa shape index (κ1) is 23.7. The molecule has 0 aliphatic carbocycles. The molecule has 0 aliphatic heterocycles. The number of ether oxygens (including phenoxy) is 3. The molecule has 0 spiro atoms. The van der Waals surface area contributed by atoms with Gasteiger partial charge in [0.25, 0.3) is 0 Å². The number of benzene rings is 2. The lowest BCUT2D eigenvalue weighted by Gasteiger charge is -2.14. The van der Waals surface area contributed by atoms with E-state index in [0.717, 1.165) is 11.3 Å². The Balaban J connectivity index is 1.83. The zero-order valence-electron chi connectivity index (χ0n) is 17.9. The predicted octanol–water partition coefficient (Wildman–Crippen LogP) is 4.22. The standard InChI is InChI=1S/C21H23F3N2O5S/c1-12-9-19(30-4)20(11-18(12)29-3)32(27,28)25-8-7-15-13(2)26-17-6-5-14(10-16(15)17)31-21(22,23)24/h5-6,9-11,25-26H,7-8H2,1-4H3. The maximum atomic E-state index is 12.9. The Kier molecular flexibility index (Phi) is 6.61. The van der Waals surface area contributed by atoms with Crippen LogP contribution < -0.4 is 18.9 Å². The molecule has 174 valence electrons. The highest BCUT2D eigenvalue weighted by Crippen LogP contribution is 2.32. The molecule has 0 unspecified atom stereocenters.